The number of anilines is 1. The lowest BCUT2D eigenvalue weighted by atomic mass is 9.86. The van der Waals surface area contributed by atoms with E-state index >= 15 is 0 Å². The van der Waals surface area contributed by atoms with Crippen molar-refractivity contribution >= 4 is 5.95 Å². The molecular formula is C8H15N5. The Morgan fingerprint density at radius 1 is 1.23 bits per heavy atom. The number of nitrogens with one attached hydrogen (secondary N) is 1. The van der Waals surface area contributed by atoms with Crippen LogP contribution in [-0.4, -0.2) is 21.2 Å². The van der Waals surface area contributed by atoms with E-state index in [1.54, 1.807) is 0 Å². The molecule has 5 nitrogen and oxygen atoms in total. The first-order valence-corrected chi connectivity index (χ1v) is 4.69. The van der Waals surface area contributed by atoms with Gasteiger partial charge in [0.1, 0.15) is 5.82 Å². The van der Waals surface area contributed by atoms with Crippen LogP contribution >= 0.6 is 0 Å². The summed E-state index contributed by atoms with van der Waals surface area (Å²) >= 11 is 0. The summed E-state index contributed by atoms with van der Waals surface area (Å²) in [5.74, 6) is 1.74. The zero-order valence-electron chi connectivity index (χ0n) is 7.53. The maximum atomic E-state index is 5.81. The van der Waals surface area contributed by atoms with Crippen molar-refractivity contribution in [2.24, 2.45) is 5.73 Å². The smallest absolute Gasteiger partial charge is 0.239 e. The lowest BCUT2D eigenvalue weighted by molar-refractivity contribution is 0.385. The highest BCUT2D eigenvalue weighted by Crippen LogP contribution is 2.30. The van der Waals surface area contributed by atoms with Crippen molar-refractivity contribution < 1.29 is 0 Å². The van der Waals surface area contributed by atoms with Crippen LogP contribution in [0.3, 0.4) is 0 Å². The van der Waals surface area contributed by atoms with Crippen LogP contribution in [0.5, 0.6) is 0 Å². The Balaban J connectivity index is 2.02. The molecule has 1 aliphatic rings. The summed E-state index contributed by atoms with van der Waals surface area (Å²) in [5, 5.41) is 6.68. The molecule has 5 heteroatoms. The molecule has 1 fully saturated rings. The predicted molar refractivity (Wildman–Crippen MR) is 50.0 cm³/mol. The van der Waals surface area contributed by atoms with Gasteiger partial charge in [0.15, 0.2) is 0 Å². The first-order valence-electron chi connectivity index (χ1n) is 4.69. The summed E-state index contributed by atoms with van der Waals surface area (Å²) in [7, 11) is 0. The minimum Gasteiger partial charge on any atom is -0.367 e. The predicted octanol–water partition coefficient (Wildman–Crippen LogP) is 0.372. The molecule has 1 aromatic rings. The number of hydrogen-bond donors (Lipinski definition) is 3. The van der Waals surface area contributed by atoms with Gasteiger partial charge in [0.05, 0.1) is 0 Å². The second-order valence-corrected chi connectivity index (χ2v) is 3.69. The number of aromatic amines is 1. The van der Waals surface area contributed by atoms with Gasteiger partial charge in [-0.2, -0.15) is 4.98 Å². The van der Waals surface area contributed by atoms with Crippen molar-refractivity contribution in [3.63, 3.8) is 0 Å². The third-order valence-corrected chi connectivity index (χ3v) is 2.68. The molecule has 5 N–H and O–H groups in total. The summed E-state index contributed by atoms with van der Waals surface area (Å²) in [6.07, 6.45) is 4.34. The first kappa shape index (κ1) is 8.50. The van der Waals surface area contributed by atoms with Gasteiger partial charge in [-0.25, -0.2) is 0 Å². The molecule has 0 amide bonds. The van der Waals surface area contributed by atoms with Crippen molar-refractivity contribution in [1.82, 2.24) is 15.2 Å². The summed E-state index contributed by atoms with van der Waals surface area (Å²) in [6, 6.07) is 0.372. The lowest BCUT2D eigenvalue weighted by Crippen LogP contribution is -2.26. The quantitative estimate of drug-likeness (QED) is 0.583. The molecule has 0 saturated heterocycles. The van der Waals surface area contributed by atoms with Crippen LogP contribution in [0.4, 0.5) is 5.95 Å². The first-order chi connectivity index (χ1) is 6.25. The average Bonchev–Trinajstić information content (AvgIpc) is 2.53. The monoisotopic (exact) mass is 181 g/mol. The molecule has 0 aliphatic heterocycles. The Kier molecular flexibility index (Phi) is 2.18. The van der Waals surface area contributed by atoms with Crippen LogP contribution in [0.2, 0.25) is 0 Å². The molecule has 0 bridgehead atoms. The van der Waals surface area contributed by atoms with Crippen LogP contribution < -0.4 is 11.5 Å². The van der Waals surface area contributed by atoms with E-state index in [2.05, 4.69) is 15.2 Å². The third-order valence-electron chi connectivity index (χ3n) is 2.68. The van der Waals surface area contributed by atoms with E-state index in [-0.39, 0.29) is 0 Å². The van der Waals surface area contributed by atoms with Gasteiger partial charge in [0.2, 0.25) is 5.95 Å². The Morgan fingerprint density at radius 3 is 2.46 bits per heavy atom. The summed E-state index contributed by atoms with van der Waals surface area (Å²) in [5.41, 5.74) is 11.2. The largest absolute Gasteiger partial charge is 0.367 e. The fourth-order valence-corrected chi connectivity index (χ4v) is 1.86. The summed E-state index contributed by atoms with van der Waals surface area (Å²) < 4.78 is 0. The molecular weight excluding hydrogens is 166 g/mol. The van der Waals surface area contributed by atoms with Crippen LogP contribution in [0.25, 0.3) is 0 Å². The Morgan fingerprint density at radius 2 is 1.92 bits per heavy atom. The molecule has 13 heavy (non-hydrogen) atoms. The maximum Gasteiger partial charge on any atom is 0.239 e. The number of hydrogen-bond acceptors (Lipinski definition) is 4. The van der Waals surface area contributed by atoms with E-state index in [4.69, 9.17) is 11.5 Å². The number of nitrogens with zero attached hydrogens (tertiary/aromatic N) is 2. The fraction of sp³-hybridized carbons (Fsp3) is 0.750. The molecule has 1 saturated carbocycles. The number of nitrogens with two attached hydrogens (primary N) is 2. The molecule has 0 radical (unpaired) electrons. The fourth-order valence-electron chi connectivity index (χ4n) is 1.86. The number of H-pyrrole nitrogens is 1. The number of aromatic nitrogens is 3. The molecule has 0 unspecified atom stereocenters. The molecule has 72 valence electrons. The van der Waals surface area contributed by atoms with Gasteiger partial charge in [0.25, 0.3) is 0 Å². The van der Waals surface area contributed by atoms with Crippen molar-refractivity contribution in [1.29, 1.82) is 0 Å². The molecule has 2 rings (SSSR count). The molecule has 0 aromatic carbocycles. The standard InChI is InChI=1S/C8H15N5/c9-6-3-1-5(2-4-6)7-11-8(10)13-12-7/h5-6H,1-4,9H2,(H3,10,11,12,13). The van der Waals surface area contributed by atoms with Crippen molar-refractivity contribution in [2.45, 2.75) is 37.6 Å². The van der Waals surface area contributed by atoms with E-state index in [1.165, 1.54) is 0 Å². The Hall–Kier alpha value is -1.10. The zero-order chi connectivity index (χ0) is 9.26. The van der Waals surface area contributed by atoms with E-state index in [9.17, 15) is 0 Å². The zero-order valence-corrected chi connectivity index (χ0v) is 7.53. The number of rotatable bonds is 1. The van der Waals surface area contributed by atoms with Crippen molar-refractivity contribution in [3.8, 4) is 0 Å². The molecule has 0 spiro atoms. The molecule has 1 aliphatic carbocycles. The minimum atomic E-state index is 0.338. The summed E-state index contributed by atoms with van der Waals surface area (Å²) in [4.78, 5) is 4.13. The normalized spacial score (nSPS) is 29.0. The minimum absolute atomic E-state index is 0.338. The lowest BCUT2D eigenvalue weighted by Gasteiger charge is -2.23. The SMILES string of the molecule is Nc1n[nH]c(C2CCC(N)CC2)n1. The van der Waals surface area contributed by atoms with Crippen LogP contribution in [0.1, 0.15) is 37.4 Å². The van der Waals surface area contributed by atoms with Crippen molar-refractivity contribution in [2.75, 3.05) is 5.73 Å². The topological polar surface area (TPSA) is 93.6 Å². The molecule has 1 heterocycles. The summed E-state index contributed by atoms with van der Waals surface area (Å²) in [6.45, 7) is 0. The number of nitrogen functional groups attached to an aromatic ring is 1. The Bertz CT molecular complexity index is 274. The third kappa shape index (κ3) is 1.80. The van der Waals surface area contributed by atoms with Crippen LogP contribution in [-0.2, 0) is 0 Å². The highest BCUT2D eigenvalue weighted by molar-refractivity contribution is 5.14. The van der Waals surface area contributed by atoms with E-state index in [0.29, 0.717) is 17.9 Å². The van der Waals surface area contributed by atoms with Gasteiger partial charge < -0.3 is 11.5 Å². The average molecular weight is 181 g/mol. The van der Waals surface area contributed by atoms with E-state index in [0.717, 1.165) is 31.5 Å². The van der Waals surface area contributed by atoms with Crippen molar-refractivity contribution in [3.05, 3.63) is 5.82 Å². The molecule has 1 aromatic heterocycles. The van der Waals surface area contributed by atoms with Gasteiger partial charge in [-0.05, 0) is 25.7 Å². The highest BCUT2D eigenvalue weighted by Gasteiger charge is 2.22. The van der Waals surface area contributed by atoms with Gasteiger partial charge in [-0.15, -0.1) is 5.10 Å². The van der Waals surface area contributed by atoms with Gasteiger partial charge in [-0.3, -0.25) is 5.10 Å². The Labute approximate surface area is 76.9 Å². The highest BCUT2D eigenvalue weighted by atomic mass is 15.3. The second-order valence-electron chi connectivity index (χ2n) is 3.69. The van der Waals surface area contributed by atoms with E-state index in [1.807, 2.05) is 0 Å². The van der Waals surface area contributed by atoms with Crippen LogP contribution in [0, 0.1) is 0 Å². The van der Waals surface area contributed by atoms with Gasteiger partial charge in [-0.1, -0.05) is 0 Å². The molecule has 0 atom stereocenters. The van der Waals surface area contributed by atoms with E-state index < -0.39 is 0 Å². The second kappa shape index (κ2) is 3.33. The van der Waals surface area contributed by atoms with Crippen LogP contribution in [0.15, 0.2) is 0 Å². The maximum absolute atomic E-state index is 5.81. The van der Waals surface area contributed by atoms with Gasteiger partial charge >= 0.3 is 0 Å². The van der Waals surface area contributed by atoms with Gasteiger partial charge in [0, 0.05) is 12.0 Å².